The molecule has 2 aliphatic rings. The molecule has 1 aliphatic heterocycles. The molecule has 120 valence electrons. The van der Waals surface area contributed by atoms with Crippen LogP contribution in [0, 0.1) is 0 Å². The van der Waals surface area contributed by atoms with Gasteiger partial charge in [0.1, 0.15) is 6.10 Å². The van der Waals surface area contributed by atoms with Crippen LogP contribution in [0.4, 0.5) is 0 Å². The number of hydrogen-bond donors (Lipinski definition) is 1. The molecule has 1 N–H and O–H groups in total. The van der Waals surface area contributed by atoms with Crippen molar-refractivity contribution in [2.24, 2.45) is 0 Å². The molecule has 0 spiro atoms. The number of ether oxygens (including phenoxy) is 2. The van der Waals surface area contributed by atoms with E-state index in [0.29, 0.717) is 24.3 Å². The molecular weight excluding hydrogens is 282 g/mol. The van der Waals surface area contributed by atoms with Gasteiger partial charge in [-0.25, -0.2) is 0 Å². The van der Waals surface area contributed by atoms with Crippen molar-refractivity contribution in [3.63, 3.8) is 0 Å². The third-order valence-electron chi connectivity index (χ3n) is 4.97. The molecule has 0 aromatic heterocycles. The van der Waals surface area contributed by atoms with Gasteiger partial charge in [0.2, 0.25) is 0 Å². The zero-order valence-corrected chi connectivity index (χ0v) is 13.2. The Labute approximate surface area is 130 Å². The van der Waals surface area contributed by atoms with Crippen LogP contribution in [0.1, 0.15) is 31.2 Å². The van der Waals surface area contributed by atoms with Gasteiger partial charge < -0.3 is 19.5 Å². The number of carboxylic acids is 1. The maximum Gasteiger partial charge on any atom is 0.314 e. The molecular formula is C17H23NO4. The highest BCUT2D eigenvalue weighted by molar-refractivity contribution is 5.83. The van der Waals surface area contributed by atoms with E-state index in [9.17, 15) is 9.90 Å². The first-order valence-corrected chi connectivity index (χ1v) is 7.82. The molecule has 22 heavy (non-hydrogen) atoms. The lowest BCUT2D eigenvalue weighted by atomic mass is 9.64. The highest BCUT2D eigenvalue weighted by Gasteiger charge is 2.46. The number of benzene rings is 1. The Hall–Kier alpha value is -1.75. The zero-order valence-electron chi connectivity index (χ0n) is 13.2. The summed E-state index contributed by atoms with van der Waals surface area (Å²) in [4.78, 5) is 13.9. The van der Waals surface area contributed by atoms with Crippen LogP contribution in [0.3, 0.4) is 0 Å². The van der Waals surface area contributed by atoms with Gasteiger partial charge in [-0.05, 0) is 44.0 Å². The number of aliphatic carboxylic acids is 1. The van der Waals surface area contributed by atoms with Gasteiger partial charge in [0.25, 0.3) is 0 Å². The van der Waals surface area contributed by atoms with Crippen LogP contribution in [0.15, 0.2) is 18.2 Å². The summed E-state index contributed by atoms with van der Waals surface area (Å²) in [6.07, 6.45) is 3.47. The molecule has 1 unspecified atom stereocenters. The summed E-state index contributed by atoms with van der Waals surface area (Å²) >= 11 is 0. The monoisotopic (exact) mass is 305 g/mol. The zero-order chi connectivity index (χ0) is 15.7. The van der Waals surface area contributed by atoms with Gasteiger partial charge in [-0.3, -0.25) is 4.79 Å². The van der Waals surface area contributed by atoms with Crippen molar-refractivity contribution in [1.29, 1.82) is 0 Å². The van der Waals surface area contributed by atoms with E-state index in [1.807, 2.05) is 18.2 Å². The molecule has 1 saturated carbocycles. The van der Waals surface area contributed by atoms with Crippen molar-refractivity contribution in [3.05, 3.63) is 23.8 Å². The van der Waals surface area contributed by atoms with E-state index in [4.69, 9.17) is 9.47 Å². The number of carbonyl (C=O) groups is 1. The van der Waals surface area contributed by atoms with Gasteiger partial charge in [-0.15, -0.1) is 0 Å². The summed E-state index contributed by atoms with van der Waals surface area (Å²) in [5.74, 6) is 0.585. The van der Waals surface area contributed by atoms with Crippen LogP contribution >= 0.6 is 0 Å². The van der Waals surface area contributed by atoms with Crippen molar-refractivity contribution in [3.8, 4) is 11.5 Å². The van der Waals surface area contributed by atoms with Gasteiger partial charge in [-0.1, -0.05) is 12.5 Å². The first kappa shape index (κ1) is 15.2. The molecule has 0 amide bonds. The van der Waals surface area contributed by atoms with Crippen molar-refractivity contribution in [2.45, 2.75) is 37.2 Å². The van der Waals surface area contributed by atoms with Crippen LogP contribution in [-0.4, -0.2) is 49.3 Å². The van der Waals surface area contributed by atoms with Crippen LogP contribution in [0.2, 0.25) is 0 Å². The quantitative estimate of drug-likeness (QED) is 0.904. The number of nitrogens with zero attached hydrogens (tertiary/aromatic N) is 1. The molecule has 1 aromatic rings. The molecule has 1 heterocycles. The second-order valence-corrected chi connectivity index (χ2v) is 6.40. The summed E-state index contributed by atoms with van der Waals surface area (Å²) in [6, 6.07) is 5.55. The average Bonchev–Trinajstić information content (AvgIpc) is 2.83. The largest absolute Gasteiger partial charge is 0.493 e. The maximum atomic E-state index is 11.7. The summed E-state index contributed by atoms with van der Waals surface area (Å²) < 4.78 is 11.5. The van der Waals surface area contributed by atoms with Crippen LogP contribution in [-0.2, 0) is 10.2 Å². The van der Waals surface area contributed by atoms with Crippen molar-refractivity contribution < 1.29 is 19.4 Å². The summed E-state index contributed by atoms with van der Waals surface area (Å²) in [5.41, 5.74) is 0.0880. The number of rotatable bonds is 5. The first-order valence-electron chi connectivity index (χ1n) is 7.82. The first-order chi connectivity index (χ1) is 10.5. The molecule has 1 aliphatic carbocycles. The Morgan fingerprint density at radius 2 is 2.14 bits per heavy atom. The summed E-state index contributed by atoms with van der Waals surface area (Å²) in [5, 5.41) is 9.59. The fourth-order valence-corrected chi connectivity index (χ4v) is 3.39. The highest BCUT2D eigenvalue weighted by atomic mass is 16.5. The van der Waals surface area contributed by atoms with E-state index < -0.39 is 11.4 Å². The summed E-state index contributed by atoms with van der Waals surface area (Å²) in [7, 11) is 3.68. The van der Waals surface area contributed by atoms with Crippen molar-refractivity contribution >= 4 is 5.97 Å². The van der Waals surface area contributed by atoms with E-state index in [-0.39, 0.29) is 6.10 Å². The standard InChI is InChI=1S/C17H23NO4/c1-18-9-6-13(11-18)22-15-10-12(4-5-14(15)21-2)17(16(19)20)7-3-8-17/h4-5,10,13H,3,6-9,11H2,1-2H3,(H,19,20). The maximum absolute atomic E-state index is 11.7. The number of hydrogen-bond acceptors (Lipinski definition) is 4. The van der Waals surface area contributed by atoms with Gasteiger partial charge >= 0.3 is 5.97 Å². The van der Waals surface area contributed by atoms with Crippen LogP contribution < -0.4 is 9.47 Å². The normalized spacial score (nSPS) is 23.8. The highest BCUT2D eigenvalue weighted by Crippen LogP contribution is 2.46. The molecule has 1 saturated heterocycles. The lowest BCUT2D eigenvalue weighted by Crippen LogP contribution is -2.42. The number of likely N-dealkylation sites (tertiary alicyclic amines) is 1. The lowest BCUT2D eigenvalue weighted by Gasteiger charge is -2.38. The molecule has 1 atom stereocenters. The topological polar surface area (TPSA) is 59.0 Å². The molecule has 0 radical (unpaired) electrons. The minimum absolute atomic E-state index is 0.135. The molecule has 3 rings (SSSR count). The predicted molar refractivity (Wildman–Crippen MR) is 82.7 cm³/mol. The number of methoxy groups -OCH3 is 1. The van der Waals surface area contributed by atoms with Crippen molar-refractivity contribution in [2.75, 3.05) is 27.2 Å². The molecule has 2 fully saturated rings. The Morgan fingerprint density at radius 3 is 2.64 bits per heavy atom. The van der Waals surface area contributed by atoms with E-state index in [0.717, 1.165) is 31.5 Å². The Balaban J connectivity index is 1.88. The SMILES string of the molecule is COc1ccc(C2(C(=O)O)CCC2)cc1OC1CCN(C)C1. The second kappa shape index (κ2) is 5.80. The van der Waals surface area contributed by atoms with Gasteiger partial charge in [0.15, 0.2) is 11.5 Å². The lowest BCUT2D eigenvalue weighted by molar-refractivity contribution is -0.147. The number of carboxylic acid groups (broad SMARTS) is 1. The fraction of sp³-hybridized carbons (Fsp3) is 0.588. The number of likely N-dealkylation sites (N-methyl/N-ethyl adjacent to an activating group) is 1. The Kier molecular flexibility index (Phi) is 4.00. The van der Waals surface area contributed by atoms with Gasteiger partial charge in [0.05, 0.1) is 12.5 Å². The van der Waals surface area contributed by atoms with E-state index in [1.165, 1.54) is 0 Å². The van der Waals surface area contributed by atoms with Crippen LogP contribution in [0.25, 0.3) is 0 Å². The third-order valence-corrected chi connectivity index (χ3v) is 4.97. The van der Waals surface area contributed by atoms with Crippen LogP contribution in [0.5, 0.6) is 11.5 Å². The Bertz CT molecular complexity index is 568. The Morgan fingerprint density at radius 1 is 1.36 bits per heavy atom. The third kappa shape index (κ3) is 2.54. The molecule has 5 nitrogen and oxygen atoms in total. The smallest absolute Gasteiger partial charge is 0.314 e. The summed E-state index contributed by atoms with van der Waals surface area (Å²) in [6.45, 7) is 1.91. The molecule has 1 aromatic carbocycles. The predicted octanol–water partition coefficient (Wildman–Crippen LogP) is 2.28. The van der Waals surface area contributed by atoms with Gasteiger partial charge in [0, 0.05) is 13.1 Å². The van der Waals surface area contributed by atoms with E-state index in [2.05, 4.69) is 11.9 Å². The average molecular weight is 305 g/mol. The van der Waals surface area contributed by atoms with Crippen molar-refractivity contribution in [1.82, 2.24) is 4.90 Å². The van der Waals surface area contributed by atoms with E-state index >= 15 is 0 Å². The minimum Gasteiger partial charge on any atom is -0.493 e. The molecule has 0 bridgehead atoms. The fourth-order valence-electron chi connectivity index (χ4n) is 3.39. The second-order valence-electron chi connectivity index (χ2n) is 6.40. The van der Waals surface area contributed by atoms with E-state index in [1.54, 1.807) is 7.11 Å². The van der Waals surface area contributed by atoms with Gasteiger partial charge in [-0.2, -0.15) is 0 Å². The minimum atomic E-state index is -0.740. The molecule has 5 heteroatoms.